The largest absolute Gasteiger partial charge is 0.380 e. The van der Waals surface area contributed by atoms with E-state index in [4.69, 9.17) is 4.74 Å². The summed E-state index contributed by atoms with van der Waals surface area (Å²) in [5.74, 6) is 0.0421. The minimum Gasteiger partial charge on any atom is -0.380 e. The van der Waals surface area contributed by atoms with Gasteiger partial charge < -0.3 is 15.4 Å². The summed E-state index contributed by atoms with van der Waals surface area (Å²) in [4.78, 5) is 11.5. The van der Waals surface area contributed by atoms with Gasteiger partial charge in [0.1, 0.15) is 0 Å². The SMILES string of the molecule is CCCOCCNC(C)C(=O)NC(C)C. The maximum atomic E-state index is 11.5. The summed E-state index contributed by atoms with van der Waals surface area (Å²) in [5.41, 5.74) is 0. The van der Waals surface area contributed by atoms with Crippen LogP contribution in [-0.2, 0) is 9.53 Å². The second kappa shape index (κ2) is 8.68. The molecule has 2 N–H and O–H groups in total. The summed E-state index contributed by atoms with van der Waals surface area (Å²) in [6.45, 7) is 10.0. The van der Waals surface area contributed by atoms with Crippen molar-refractivity contribution in [3.8, 4) is 0 Å². The van der Waals surface area contributed by atoms with Gasteiger partial charge in [-0.1, -0.05) is 6.92 Å². The second-order valence-electron chi connectivity index (χ2n) is 3.95. The lowest BCUT2D eigenvalue weighted by Crippen LogP contribution is -2.45. The van der Waals surface area contributed by atoms with E-state index in [2.05, 4.69) is 17.6 Å². The maximum absolute atomic E-state index is 11.5. The summed E-state index contributed by atoms with van der Waals surface area (Å²) in [7, 11) is 0. The minimum absolute atomic E-state index is 0.0421. The van der Waals surface area contributed by atoms with Crippen molar-refractivity contribution in [1.29, 1.82) is 0 Å². The Morgan fingerprint density at radius 1 is 1.27 bits per heavy atom. The summed E-state index contributed by atoms with van der Waals surface area (Å²) in [6.07, 6.45) is 1.03. The zero-order chi connectivity index (χ0) is 11.7. The molecule has 0 aliphatic carbocycles. The Bertz CT molecular complexity index is 172. The van der Waals surface area contributed by atoms with Gasteiger partial charge in [-0.2, -0.15) is 0 Å². The van der Waals surface area contributed by atoms with E-state index in [9.17, 15) is 4.79 Å². The van der Waals surface area contributed by atoms with Crippen LogP contribution in [0.5, 0.6) is 0 Å². The van der Waals surface area contributed by atoms with E-state index in [-0.39, 0.29) is 18.0 Å². The third kappa shape index (κ3) is 8.39. The monoisotopic (exact) mass is 216 g/mol. The third-order valence-electron chi connectivity index (χ3n) is 1.87. The molecule has 0 saturated carbocycles. The first-order valence-electron chi connectivity index (χ1n) is 5.69. The number of rotatable bonds is 8. The van der Waals surface area contributed by atoms with Gasteiger partial charge in [0.05, 0.1) is 12.6 Å². The zero-order valence-corrected chi connectivity index (χ0v) is 10.3. The molecular weight excluding hydrogens is 192 g/mol. The summed E-state index contributed by atoms with van der Waals surface area (Å²) < 4.78 is 5.30. The van der Waals surface area contributed by atoms with Crippen molar-refractivity contribution in [2.75, 3.05) is 19.8 Å². The third-order valence-corrected chi connectivity index (χ3v) is 1.87. The first kappa shape index (κ1) is 14.4. The van der Waals surface area contributed by atoms with E-state index in [1.165, 1.54) is 0 Å². The predicted molar refractivity (Wildman–Crippen MR) is 61.9 cm³/mol. The minimum atomic E-state index is -0.155. The fourth-order valence-corrected chi connectivity index (χ4v) is 1.10. The molecule has 0 heterocycles. The average molecular weight is 216 g/mol. The highest BCUT2D eigenvalue weighted by Crippen LogP contribution is 1.85. The molecule has 0 aromatic carbocycles. The first-order chi connectivity index (χ1) is 7.07. The summed E-state index contributed by atoms with van der Waals surface area (Å²) in [5, 5.41) is 5.96. The standard InChI is InChI=1S/C11H24N2O2/c1-5-7-15-8-6-12-10(4)11(14)13-9(2)3/h9-10,12H,5-8H2,1-4H3,(H,13,14). The molecule has 0 radical (unpaired) electrons. The van der Waals surface area contributed by atoms with Gasteiger partial charge in [-0.25, -0.2) is 0 Å². The summed E-state index contributed by atoms with van der Waals surface area (Å²) in [6, 6.07) is 0.0377. The topological polar surface area (TPSA) is 50.4 Å². The zero-order valence-electron chi connectivity index (χ0n) is 10.3. The molecule has 1 amide bonds. The molecule has 0 aliphatic rings. The Kier molecular flexibility index (Phi) is 8.33. The highest BCUT2D eigenvalue weighted by molar-refractivity contribution is 5.81. The molecule has 1 atom stereocenters. The lowest BCUT2D eigenvalue weighted by atomic mass is 10.3. The Morgan fingerprint density at radius 3 is 2.47 bits per heavy atom. The van der Waals surface area contributed by atoms with Crippen LogP contribution < -0.4 is 10.6 Å². The molecule has 4 heteroatoms. The van der Waals surface area contributed by atoms with Crippen LogP contribution in [0.2, 0.25) is 0 Å². The second-order valence-corrected chi connectivity index (χ2v) is 3.95. The molecule has 0 fully saturated rings. The molecule has 1 unspecified atom stereocenters. The number of amides is 1. The predicted octanol–water partition coefficient (Wildman–Crippen LogP) is 0.916. The van der Waals surface area contributed by atoms with Gasteiger partial charge in [-0.15, -0.1) is 0 Å². The van der Waals surface area contributed by atoms with Gasteiger partial charge in [0.25, 0.3) is 0 Å². The first-order valence-corrected chi connectivity index (χ1v) is 5.69. The van der Waals surface area contributed by atoms with Crippen LogP contribution in [0.15, 0.2) is 0 Å². The molecule has 0 rings (SSSR count). The van der Waals surface area contributed by atoms with E-state index in [0.717, 1.165) is 13.0 Å². The van der Waals surface area contributed by atoms with Gasteiger partial charge in [-0.05, 0) is 27.2 Å². The van der Waals surface area contributed by atoms with Crippen LogP contribution in [0, 0.1) is 0 Å². The van der Waals surface area contributed by atoms with E-state index in [1.807, 2.05) is 20.8 Å². The molecule has 0 aromatic rings. The quantitative estimate of drug-likeness (QED) is 0.593. The van der Waals surface area contributed by atoms with Crippen molar-refractivity contribution >= 4 is 5.91 Å². The van der Waals surface area contributed by atoms with Crippen LogP contribution in [0.3, 0.4) is 0 Å². The van der Waals surface area contributed by atoms with Crippen LogP contribution in [0.1, 0.15) is 34.1 Å². The van der Waals surface area contributed by atoms with Crippen molar-refractivity contribution in [3.05, 3.63) is 0 Å². The number of ether oxygens (including phenoxy) is 1. The Morgan fingerprint density at radius 2 is 1.93 bits per heavy atom. The molecule has 15 heavy (non-hydrogen) atoms. The number of carbonyl (C=O) groups is 1. The van der Waals surface area contributed by atoms with Crippen LogP contribution in [-0.4, -0.2) is 37.7 Å². The Hall–Kier alpha value is -0.610. The van der Waals surface area contributed by atoms with E-state index < -0.39 is 0 Å². The van der Waals surface area contributed by atoms with Crippen molar-refractivity contribution in [2.45, 2.75) is 46.2 Å². The van der Waals surface area contributed by atoms with E-state index in [1.54, 1.807) is 0 Å². The molecular formula is C11H24N2O2. The Labute approximate surface area is 92.8 Å². The lowest BCUT2D eigenvalue weighted by Gasteiger charge is -2.15. The maximum Gasteiger partial charge on any atom is 0.237 e. The van der Waals surface area contributed by atoms with Gasteiger partial charge in [-0.3, -0.25) is 4.79 Å². The molecule has 0 aromatic heterocycles. The molecule has 0 spiro atoms. The van der Waals surface area contributed by atoms with Crippen LogP contribution in [0.4, 0.5) is 0 Å². The highest BCUT2D eigenvalue weighted by Gasteiger charge is 2.11. The normalized spacial score (nSPS) is 12.9. The van der Waals surface area contributed by atoms with Crippen molar-refractivity contribution in [3.63, 3.8) is 0 Å². The van der Waals surface area contributed by atoms with Gasteiger partial charge in [0, 0.05) is 19.2 Å². The number of nitrogens with one attached hydrogen (secondary N) is 2. The fraction of sp³-hybridized carbons (Fsp3) is 0.909. The molecule has 0 bridgehead atoms. The van der Waals surface area contributed by atoms with Crippen LogP contribution in [0.25, 0.3) is 0 Å². The van der Waals surface area contributed by atoms with Crippen molar-refractivity contribution in [2.24, 2.45) is 0 Å². The van der Waals surface area contributed by atoms with Crippen LogP contribution >= 0.6 is 0 Å². The van der Waals surface area contributed by atoms with Gasteiger partial charge in [0.15, 0.2) is 0 Å². The smallest absolute Gasteiger partial charge is 0.237 e. The van der Waals surface area contributed by atoms with E-state index >= 15 is 0 Å². The van der Waals surface area contributed by atoms with Crippen molar-refractivity contribution < 1.29 is 9.53 Å². The molecule has 90 valence electrons. The average Bonchev–Trinajstić information content (AvgIpc) is 2.16. The van der Waals surface area contributed by atoms with Crippen molar-refractivity contribution in [1.82, 2.24) is 10.6 Å². The molecule has 0 saturated heterocycles. The summed E-state index contributed by atoms with van der Waals surface area (Å²) >= 11 is 0. The number of hydrogen-bond donors (Lipinski definition) is 2. The lowest BCUT2D eigenvalue weighted by molar-refractivity contribution is -0.123. The fourth-order valence-electron chi connectivity index (χ4n) is 1.10. The highest BCUT2D eigenvalue weighted by atomic mass is 16.5. The number of hydrogen-bond acceptors (Lipinski definition) is 3. The van der Waals surface area contributed by atoms with E-state index in [0.29, 0.717) is 13.2 Å². The van der Waals surface area contributed by atoms with Gasteiger partial charge in [0.2, 0.25) is 5.91 Å². The van der Waals surface area contributed by atoms with Gasteiger partial charge >= 0.3 is 0 Å². The molecule has 4 nitrogen and oxygen atoms in total. The number of carbonyl (C=O) groups excluding carboxylic acids is 1. The Balaban J connectivity index is 3.47. The molecule has 0 aliphatic heterocycles.